The molecule has 0 saturated heterocycles. The minimum atomic E-state index is 1.47. The van der Waals surface area contributed by atoms with E-state index in [2.05, 4.69) is 12.2 Å². The maximum absolute atomic E-state index is 10.1. The first-order chi connectivity index (χ1) is 1.91. The lowest BCUT2D eigenvalue weighted by Gasteiger charge is -1.31. The molecule has 0 amide bonds. The first-order valence-electron chi connectivity index (χ1n) is 0.597. The Morgan fingerprint density at radius 1 is 2.00 bits per heavy atom. The summed E-state index contributed by atoms with van der Waals surface area (Å²) in [4.78, 5) is 0. The third kappa shape index (κ3) is 1.73. The fourth-order valence-corrected chi connectivity index (χ4v) is 0. The third-order valence-corrected chi connectivity index (χ3v) is 0.104. The summed E-state index contributed by atoms with van der Waals surface area (Å²) in [6, 6.07) is 0. The van der Waals surface area contributed by atoms with E-state index in [9.17, 15) is 4.48 Å². The second-order valence-electron chi connectivity index (χ2n) is 0.176. The van der Waals surface area contributed by atoms with Crippen molar-refractivity contribution in [1.82, 2.24) is 0 Å². The van der Waals surface area contributed by atoms with E-state index in [0.29, 0.717) is 0 Å². The zero-order valence-corrected chi connectivity index (χ0v) is 2.55. The van der Waals surface area contributed by atoms with Crippen LogP contribution in [-0.4, -0.2) is 5.16 Å². The Morgan fingerprint density at radius 3 is 2.25 bits per heavy atom. The molecule has 0 aromatic heterocycles. The Balaban J connectivity index is 3.11. The van der Waals surface area contributed by atoms with Crippen LogP contribution in [0.5, 0.6) is 0 Å². The molecule has 0 fully saturated rings. The van der Waals surface area contributed by atoms with E-state index in [4.69, 9.17) is 0 Å². The zero-order valence-electron chi connectivity index (χ0n) is 1.73. The molecule has 0 saturated carbocycles. The SMILES string of the molecule is FN=C=S. The summed E-state index contributed by atoms with van der Waals surface area (Å²) in [5.74, 6) is 0. The Labute approximate surface area is 28.1 Å². The number of rotatable bonds is 0. The van der Waals surface area contributed by atoms with E-state index in [1.165, 1.54) is 5.16 Å². The summed E-state index contributed by atoms with van der Waals surface area (Å²) in [6.45, 7) is 0. The van der Waals surface area contributed by atoms with Crippen LogP contribution >= 0.6 is 12.2 Å². The first kappa shape index (κ1) is 3.73. The molecule has 1 nitrogen and oxygen atoms in total. The van der Waals surface area contributed by atoms with Gasteiger partial charge in [0.1, 0.15) is 0 Å². The smallest absolute Gasteiger partial charge is 0.0651 e. The predicted octanol–water partition coefficient (Wildman–Crippen LogP) is 0.974. The lowest BCUT2D eigenvalue weighted by atomic mass is 11.8. The Bertz CT molecular complexity index is 46.0. The van der Waals surface area contributed by atoms with E-state index < -0.39 is 0 Å². The number of isothiocyanates is 1. The molecule has 0 aromatic carbocycles. The lowest BCUT2D eigenvalue weighted by Crippen LogP contribution is -1.20. The molecule has 0 atom stereocenters. The number of hydrogen-bond acceptors (Lipinski definition) is 2. The maximum atomic E-state index is 10.1. The zero-order chi connectivity index (χ0) is 3.41. The second-order valence-corrected chi connectivity index (χ2v) is 0.358. The van der Waals surface area contributed by atoms with Gasteiger partial charge in [-0.2, -0.15) is 0 Å². The summed E-state index contributed by atoms with van der Waals surface area (Å²) in [5, 5.41) is 3.27. The van der Waals surface area contributed by atoms with Crippen molar-refractivity contribution < 1.29 is 4.48 Å². The van der Waals surface area contributed by atoms with Crippen LogP contribution in [0.15, 0.2) is 5.21 Å². The molecular weight excluding hydrogens is 77.1 g/mol. The van der Waals surface area contributed by atoms with Gasteiger partial charge in [-0.15, -0.1) is 0 Å². The fourth-order valence-electron chi connectivity index (χ4n) is 0. The van der Waals surface area contributed by atoms with E-state index in [0.717, 1.165) is 0 Å². The Hall–Kier alpha value is -0.270. The normalized spacial score (nSPS) is 4.25. The quantitative estimate of drug-likeness (QED) is 0.310. The van der Waals surface area contributed by atoms with Crippen molar-refractivity contribution in [3.8, 4) is 0 Å². The lowest BCUT2D eigenvalue weighted by molar-refractivity contribution is 0.543. The standard InChI is InChI=1S/CFNS/c2-3-1-4. The molecule has 0 heterocycles. The molecule has 0 aromatic rings. The Kier molecular flexibility index (Phi) is 2.55. The fraction of sp³-hybridized carbons (Fsp3) is 0. The van der Waals surface area contributed by atoms with Crippen LogP contribution in [0.25, 0.3) is 0 Å². The molecular formula is CFNS. The molecule has 0 spiro atoms. The van der Waals surface area contributed by atoms with Crippen LogP contribution in [0.3, 0.4) is 0 Å². The van der Waals surface area contributed by atoms with E-state index >= 15 is 0 Å². The highest BCUT2D eigenvalue weighted by Crippen LogP contribution is 1.51. The first-order valence-corrected chi connectivity index (χ1v) is 1.01. The van der Waals surface area contributed by atoms with Gasteiger partial charge in [-0.3, -0.25) is 0 Å². The van der Waals surface area contributed by atoms with Gasteiger partial charge < -0.3 is 0 Å². The number of thiocarbonyl (C=S) groups is 1. The molecule has 0 unspecified atom stereocenters. The molecule has 0 rings (SSSR count). The monoisotopic (exact) mass is 77.0 g/mol. The predicted molar refractivity (Wildman–Crippen MR) is 16.1 cm³/mol. The minimum absolute atomic E-state index is 1.47. The highest BCUT2D eigenvalue weighted by molar-refractivity contribution is 7.78. The highest BCUT2D eigenvalue weighted by atomic mass is 32.1. The van der Waals surface area contributed by atoms with Crippen LogP contribution in [-0.2, 0) is 0 Å². The van der Waals surface area contributed by atoms with Crippen LogP contribution in [0, 0.1) is 0 Å². The molecule has 3 heteroatoms. The van der Waals surface area contributed by atoms with Gasteiger partial charge in [0.25, 0.3) is 0 Å². The van der Waals surface area contributed by atoms with Gasteiger partial charge in [-0.1, -0.05) is 4.48 Å². The Morgan fingerprint density at radius 2 is 2.25 bits per heavy atom. The van der Waals surface area contributed by atoms with Gasteiger partial charge in [0, 0.05) is 0 Å². The maximum Gasteiger partial charge on any atom is 0.0979 e. The number of hydrogen-bond donors (Lipinski definition) is 0. The van der Waals surface area contributed by atoms with Gasteiger partial charge in [0.05, 0.1) is 5.16 Å². The molecule has 4 heavy (non-hydrogen) atoms. The molecule has 0 aliphatic carbocycles. The topological polar surface area (TPSA) is 12.4 Å². The second kappa shape index (κ2) is 2.73. The van der Waals surface area contributed by atoms with Gasteiger partial charge in [-0.05, 0) is 17.4 Å². The average molecular weight is 77.1 g/mol. The summed E-state index contributed by atoms with van der Waals surface area (Å²) >= 11 is 3.76. The minimum Gasteiger partial charge on any atom is -0.0651 e. The summed E-state index contributed by atoms with van der Waals surface area (Å²) in [5.41, 5.74) is 0. The van der Waals surface area contributed by atoms with E-state index in [1.807, 2.05) is 0 Å². The van der Waals surface area contributed by atoms with E-state index in [1.54, 1.807) is 5.21 Å². The van der Waals surface area contributed by atoms with Crippen LogP contribution in [0.2, 0.25) is 0 Å². The van der Waals surface area contributed by atoms with Gasteiger partial charge in [0.15, 0.2) is 0 Å². The molecule has 0 radical (unpaired) electrons. The number of nitrogens with zero attached hydrogens (tertiary/aromatic N) is 1. The van der Waals surface area contributed by atoms with Gasteiger partial charge >= 0.3 is 0 Å². The molecule has 0 aliphatic heterocycles. The van der Waals surface area contributed by atoms with Gasteiger partial charge in [-0.25, -0.2) is 0 Å². The van der Waals surface area contributed by atoms with Crippen molar-refractivity contribution in [3.63, 3.8) is 0 Å². The van der Waals surface area contributed by atoms with Crippen molar-refractivity contribution in [2.75, 3.05) is 0 Å². The summed E-state index contributed by atoms with van der Waals surface area (Å²) < 4.78 is 10.1. The number of halogens is 1. The van der Waals surface area contributed by atoms with Crippen molar-refractivity contribution in [2.24, 2.45) is 5.21 Å². The van der Waals surface area contributed by atoms with Crippen molar-refractivity contribution in [2.45, 2.75) is 0 Å². The van der Waals surface area contributed by atoms with E-state index in [-0.39, 0.29) is 0 Å². The van der Waals surface area contributed by atoms with Crippen molar-refractivity contribution in [1.29, 1.82) is 0 Å². The highest BCUT2D eigenvalue weighted by Gasteiger charge is 1.31. The summed E-state index contributed by atoms with van der Waals surface area (Å²) in [7, 11) is 0. The van der Waals surface area contributed by atoms with Crippen molar-refractivity contribution >= 4 is 17.4 Å². The molecule has 0 aliphatic rings. The van der Waals surface area contributed by atoms with Crippen LogP contribution in [0.1, 0.15) is 0 Å². The molecule has 22 valence electrons. The van der Waals surface area contributed by atoms with Crippen LogP contribution < -0.4 is 0 Å². The molecule has 0 N–H and O–H groups in total. The van der Waals surface area contributed by atoms with Crippen LogP contribution in [0.4, 0.5) is 4.48 Å². The summed E-state index contributed by atoms with van der Waals surface area (Å²) in [6.07, 6.45) is 0. The van der Waals surface area contributed by atoms with Crippen molar-refractivity contribution in [3.05, 3.63) is 0 Å². The third-order valence-electron chi connectivity index (χ3n) is 0.0345. The largest absolute Gasteiger partial charge is 0.0979 e. The average Bonchev–Trinajstić information content (AvgIpc) is 1.37. The van der Waals surface area contributed by atoms with Gasteiger partial charge in [0.2, 0.25) is 0 Å². The molecule has 0 bridgehead atoms.